The molecule has 4 nitrogen and oxygen atoms in total. The van der Waals surface area contributed by atoms with E-state index in [4.69, 9.17) is 9.05 Å². The molecule has 0 saturated heterocycles. The summed E-state index contributed by atoms with van der Waals surface area (Å²) in [5.74, 6) is 0. The minimum Gasteiger partial charge on any atom is -0.308 e. The van der Waals surface area contributed by atoms with Gasteiger partial charge in [-0.25, -0.2) is 0 Å². The van der Waals surface area contributed by atoms with Gasteiger partial charge in [0.1, 0.15) is 11.9 Å². The zero-order valence-electron chi connectivity index (χ0n) is 7.65. The van der Waals surface area contributed by atoms with E-state index in [0.29, 0.717) is 6.29 Å². The van der Waals surface area contributed by atoms with Crippen molar-refractivity contribution >= 4 is 13.9 Å². The maximum absolute atomic E-state index is 11.7. The van der Waals surface area contributed by atoms with E-state index in [1.165, 1.54) is 6.92 Å². The number of carbonyl (C=O) groups excluding carboxylic acids is 1. The fourth-order valence-corrected chi connectivity index (χ4v) is 2.12. The average molecular weight is 194 g/mol. The van der Waals surface area contributed by atoms with Crippen LogP contribution in [0.3, 0.4) is 0 Å². The highest BCUT2D eigenvalue weighted by atomic mass is 31.2. The van der Waals surface area contributed by atoms with E-state index in [0.717, 1.165) is 0 Å². The normalized spacial score (nSPS) is 14.2. The van der Waals surface area contributed by atoms with Gasteiger partial charge in [-0.15, -0.1) is 0 Å². The molecular weight excluding hydrogens is 179 g/mol. The van der Waals surface area contributed by atoms with E-state index in [2.05, 4.69) is 0 Å². The molecule has 12 heavy (non-hydrogen) atoms. The van der Waals surface area contributed by atoms with Crippen molar-refractivity contribution in [1.82, 2.24) is 0 Å². The second-order valence-electron chi connectivity index (χ2n) is 2.25. The van der Waals surface area contributed by atoms with Gasteiger partial charge in [0.05, 0.1) is 13.2 Å². The lowest BCUT2D eigenvalue weighted by Gasteiger charge is -2.18. The fourth-order valence-electron chi connectivity index (χ4n) is 0.707. The Labute approximate surface area is 72.8 Å². The molecule has 1 unspecified atom stereocenters. The summed E-state index contributed by atoms with van der Waals surface area (Å²) in [6.07, 6.45) is 0.589. The molecule has 0 amide bonds. The van der Waals surface area contributed by atoms with Crippen LogP contribution in [-0.4, -0.2) is 25.2 Å². The van der Waals surface area contributed by atoms with Crippen LogP contribution in [0.5, 0.6) is 0 Å². The van der Waals surface area contributed by atoms with Gasteiger partial charge in [0, 0.05) is 0 Å². The smallest absolute Gasteiger partial charge is 0.308 e. The van der Waals surface area contributed by atoms with Crippen LogP contribution < -0.4 is 0 Å². The molecule has 0 heterocycles. The molecule has 1 atom stereocenters. The van der Waals surface area contributed by atoms with Crippen LogP contribution in [0.1, 0.15) is 20.8 Å². The zero-order valence-corrected chi connectivity index (χ0v) is 8.54. The maximum atomic E-state index is 11.7. The molecule has 0 radical (unpaired) electrons. The van der Waals surface area contributed by atoms with Gasteiger partial charge in [0.2, 0.25) is 0 Å². The predicted octanol–water partition coefficient (Wildman–Crippen LogP) is 1.84. The molecule has 0 aliphatic heterocycles. The monoisotopic (exact) mass is 194 g/mol. The Morgan fingerprint density at radius 2 is 1.75 bits per heavy atom. The highest BCUT2D eigenvalue weighted by Gasteiger charge is 2.31. The molecule has 0 saturated carbocycles. The van der Waals surface area contributed by atoms with Gasteiger partial charge in [-0.2, -0.15) is 0 Å². The van der Waals surface area contributed by atoms with E-state index in [-0.39, 0.29) is 13.2 Å². The number of hydrogen-bond donors (Lipinski definition) is 0. The first-order valence-electron chi connectivity index (χ1n) is 3.94. The van der Waals surface area contributed by atoms with Crippen molar-refractivity contribution in [3.05, 3.63) is 0 Å². The van der Waals surface area contributed by atoms with Crippen LogP contribution in [0.2, 0.25) is 0 Å². The third-order valence-electron chi connectivity index (χ3n) is 1.31. The lowest BCUT2D eigenvalue weighted by atomic mass is 10.5. The summed E-state index contributed by atoms with van der Waals surface area (Å²) >= 11 is 0. The summed E-state index contributed by atoms with van der Waals surface area (Å²) < 4.78 is 21.5. The topological polar surface area (TPSA) is 52.6 Å². The predicted molar refractivity (Wildman–Crippen MR) is 46.4 cm³/mol. The third kappa shape index (κ3) is 3.05. The summed E-state index contributed by atoms with van der Waals surface area (Å²) in [7, 11) is -3.18. The fraction of sp³-hybridized carbons (Fsp3) is 0.857. The van der Waals surface area contributed by atoms with Crippen LogP contribution in [0.25, 0.3) is 0 Å². The second-order valence-corrected chi connectivity index (χ2v) is 4.66. The van der Waals surface area contributed by atoms with Gasteiger partial charge >= 0.3 is 7.60 Å². The van der Waals surface area contributed by atoms with Gasteiger partial charge in [-0.1, -0.05) is 0 Å². The van der Waals surface area contributed by atoms with Gasteiger partial charge in [0.15, 0.2) is 0 Å². The Morgan fingerprint density at radius 1 is 1.33 bits per heavy atom. The standard InChI is InChI=1S/C7H15O4P/c1-4-10-12(9,11-5-2)7(3)6-8/h6-7H,4-5H2,1-3H3. The van der Waals surface area contributed by atoms with Crippen molar-refractivity contribution in [3.8, 4) is 0 Å². The van der Waals surface area contributed by atoms with Gasteiger partial charge in [0.25, 0.3) is 0 Å². The van der Waals surface area contributed by atoms with Crippen molar-refractivity contribution in [2.45, 2.75) is 26.4 Å². The summed E-state index contributed by atoms with van der Waals surface area (Å²) in [5, 5.41) is 0. The van der Waals surface area contributed by atoms with Crippen LogP contribution in [0, 0.1) is 0 Å². The molecule has 0 spiro atoms. The molecule has 5 heteroatoms. The van der Waals surface area contributed by atoms with Gasteiger partial charge < -0.3 is 13.8 Å². The third-order valence-corrected chi connectivity index (χ3v) is 3.67. The summed E-state index contributed by atoms with van der Waals surface area (Å²) in [6, 6.07) is 0. The molecule has 0 N–H and O–H groups in total. The molecular formula is C7H15O4P. The SMILES string of the molecule is CCOP(=O)(OCC)C(C)C=O. The highest BCUT2D eigenvalue weighted by molar-refractivity contribution is 7.55. The van der Waals surface area contributed by atoms with Gasteiger partial charge in [-0.3, -0.25) is 4.57 Å². The summed E-state index contributed by atoms with van der Waals surface area (Å²) in [6.45, 7) is 5.52. The summed E-state index contributed by atoms with van der Waals surface area (Å²) in [5.41, 5.74) is -0.683. The van der Waals surface area contributed by atoms with Crippen LogP contribution in [0.4, 0.5) is 0 Å². The number of aldehydes is 1. The number of rotatable bonds is 6. The van der Waals surface area contributed by atoms with E-state index < -0.39 is 13.3 Å². The maximum Gasteiger partial charge on any atom is 0.340 e. The molecule has 0 aromatic rings. The lowest BCUT2D eigenvalue weighted by molar-refractivity contribution is -0.107. The van der Waals surface area contributed by atoms with Crippen LogP contribution in [0.15, 0.2) is 0 Å². The first kappa shape index (κ1) is 11.8. The van der Waals surface area contributed by atoms with Crippen molar-refractivity contribution in [3.63, 3.8) is 0 Å². The minimum atomic E-state index is -3.18. The molecule has 0 aliphatic rings. The molecule has 0 fully saturated rings. The van der Waals surface area contributed by atoms with Crippen molar-refractivity contribution < 1.29 is 18.4 Å². The van der Waals surface area contributed by atoms with Crippen LogP contribution >= 0.6 is 7.60 Å². The van der Waals surface area contributed by atoms with Crippen molar-refractivity contribution in [2.75, 3.05) is 13.2 Å². The number of carbonyl (C=O) groups is 1. The van der Waals surface area contributed by atoms with Gasteiger partial charge in [-0.05, 0) is 20.8 Å². The average Bonchev–Trinajstić information content (AvgIpc) is 2.04. The first-order chi connectivity index (χ1) is 5.60. The number of hydrogen-bond acceptors (Lipinski definition) is 4. The van der Waals surface area contributed by atoms with Crippen LogP contribution in [-0.2, 0) is 18.4 Å². The largest absolute Gasteiger partial charge is 0.340 e. The van der Waals surface area contributed by atoms with E-state index >= 15 is 0 Å². The Hall–Kier alpha value is -0.180. The van der Waals surface area contributed by atoms with E-state index in [1.807, 2.05) is 0 Å². The Kier molecular flexibility index (Phi) is 5.38. The molecule has 0 aliphatic carbocycles. The molecule has 0 aromatic carbocycles. The minimum absolute atomic E-state index is 0.287. The second kappa shape index (κ2) is 5.46. The molecule has 0 rings (SSSR count). The molecule has 0 aromatic heterocycles. The zero-order chi connectivity index (χ0) is 9.61. The lowest BCUT2D eigenvalue weighted by Crippen LogP contribution is -2.10. The quantitative estimate of drug-likeness (QED) is 0.478. The Balaban J connectivity index is 4.37. The van der Waals surface area contributed by atoms with E-state index in [1.54, 1.807) is 13.8 Å². The van der Waals surface area contributed by atoms with E-state index in [9.17, 15) is 9.36 Å². The molecule has 0 bridgehead atoms. The first-order valence-corrected chi connectivity index (χ1v) is 5.56. The Morgan fingerprint density at radius 3 is 2.00 bits per heavy atom. The van der Waals surface area contributed by atoms with Crippen molar-refractivity contribution in [2.24, 2.45) is 0 Å². The highest BCUT2D eigenvalue weighted by Crippen LogP contribution is 2.51. The van der Waals surface area contributed by atoms with Crippen molar-refractivity contribution in [1.29, 1.82) is 0 Å². The Bertz CT molecular complexity index is 170. The summed E-state index contributed by atoms with van der Waals surface area (Å²) in [4.78, 5) is 10.4. The molecule has 72 valence electrons.